The molecule has 0 aromatic carbocycles. The van der Waals surface area contributed by atoms with E-state index in [1.54, 1.807) is 11.8 Å². The lowest BCUT2D eigenvalue weighted by molar-refractivity contribution is 0.0395. The van der Waals surface area contributed by atoms with Crippen LogP contribution < -0.4 is 5.73 Å². The Hall–Kier alpha value is -0.420. The highest BCUT2D eigenvalue weighted by atomic mass is 32.2. The highest BCUT2D eigenvalue weighted by Crippen LogP contribution is 2.29. The van der Waals surface area contributed by atoms with Gasteiger partial charge in [0.1, 0.15) is 6.10 Å². The fourth-order valence-electron chi connectivity index (χ4n) is 2.06. The molecule has 0 bridgehead atoms. The fourth-order valence-corrected chi connectivity index (χ4v) is 2.68. The van der Waals surface area contributed by atoms with Crippen LogP contribution in [0.3, 0.4) is 0 Å². The molecule has 0 aromatic heterocycles. The second-order valence-electron chi connectivity index (χ2n) is 4.00. The van der Waals surface area contributed by atoms with Gasteiger partial charge in [-0.2, -0.15) is 11.8 Å². The van der Waals surface area contributed by atoms with E-state index in [0.717, 1.165) is 31.4 Å². The largest absolute Gasteiger partial charge is 0.446 e. The minimum Gasteiger partial charge on any atom is -0.446 e. The maximum absolute atomic E-state index is 10.5. The van der Waals surface area contributed by atoms with E-state index in [4.69, 9.17) is 10.5 Å². The molecule has 1 unspecified atom stereocenters. The van der Waals surface area contributed by atoms with Crippen molar-refractivity contribution in [3.8, 4) is 0 Å². The third-order valence-corrected chi connectivity index (χ3v) is 3.56. The van der Waals surface area contributed by atoms with Crippen molar-refractivity contribution in [1.82, 2.24) is 0 Å². The summed E-state index contributed by atoms with van der Waals surface area (Å²) in [5, 5.41) is 9.79. The topological polar surface area (TPSA) is 72.6 Å². The molecule has 0 saturated heterocycles. The van der Waals surface area contributed by atoms with E-state index >= 15 is 0 Å². The summed E-state index contributed by atoms with van der Waals surface area (Å²) in [5.41, 5.74) is 4.95. The molecule has 1 aliphatic carbocycles. The number of aliphatic hydroxyl groups is 1. The molecule has 1 atom stereocenters. The van der Waals surface area contributed by atoms with Crippen molar-refractivity contribution in [2.45, 2.75) is 37.9 Å². The van der Waals surface area contributed by atoms with Crippen molar-refractivity contribution in [3.05, 3.63) is 0 Å². The molecule has 1 fully saturated rings. The molecule has 5 heteroatoms. The van der Waals surface area contributed by atoms with Crippen LogP contribution in [0.25, 0.3) is 0 Å². The molecule has 1 saturated carbocycles. The maximum atomic E-state index is 10.5. The highest BCUT2D eigenvalue weighted by Gasteiger charge is 2.27. The van der Waals surface area contributed by atoms with Crippen LogP contribution in [0.4, 0.5) is 4.79 Å². The molecule has 1 aliphatic rings. The fraction of sp³-hybridized carbons (Fsp3) is 0.900. The van der Waals surface area contributed by atoms with E-state index in [0.29, 0.717) is 5.92 Å². The maximum Gasteiger partial charge on any atom is 0.404 e. The lowest BCUT2D eigenvalue weighted by Gasteiger charge is -2.30. The van der Waals surface area contributed by atoms with Crippen LogP contribution in [0, 0.1) is 5.92 Å². The van der Waals surface area contributed by atoms with Gasteiger partial charge in [0.25, 0.3) is 0 Å². The molecule has 0 aromatic rings. The van der Waals surface area contributed by atoms with Crippen molar-refractivity contribution >= 4 is 17.9 Å². The predicted octanol–water partition coefficient (Wildman–Crippen LogP) is 1.36. The number of hydrogen-bond donors (Lipinski definition) is 2. The van der Waals surface area contributed by atoms with Gasteiger partial charge in [-0.3, -0.25) is 0 Å². The van der Waals surface area contributed by atoms with Crippen LogP contribution in [0.2, 0.25) is 0 Å². The molecule has 0 aliphatic heterocycles. The number of hydrogen-bond acceptors (Lipinski definition) is 4. The lowest BCUT2D eigenvalue weighted by Crippen LogP contribution is -2.32. The lowest BCUT2D eigenvalue weighted by atomic mass is 9.84. The Morgan fingerprint density at radius 3 is 2.60 bits per heavy atom. The van der Waals surface area contributed by atoms with Crippen molar-refractivity contribution in [2.75, 3.05) is 12.0 Å². The monoisotopic (exact) mass is 233 g/mol. The molecule has 3 N–H and O–H groups in total. The van der Waals surface area contributed by atoms with Crippen molar-refractivity contribution in [1.29, 1.82) is 0 Å². The zero-order valence-corrected chi connectivity index (χ0v) is 9.83. The van der Waals surface area contributed by atoms with Crippen LogP contribution in [0.5, 0.6) is 0 Å². The van der Waals surface area contributed by atoms with Gasteiger partial charge in [-0.25, -0.2) is 4.79 Å². The molecule has 1 rings (SSSR count). The molecule has 0 heterocycles. The van der Waals surface area contributed by atoms with Gasteiger partial charge in [0, 0.05) is 5.75 Å². The van der Waals surface area contributed by atoms with Gasteiger partial charge in [-0.05, 0) is 37.9 Å². The first kappa shape index (κ1) is 12.6. The van der Waals surface area contributed by atoms with Crippen LogP contribution in [0.15, 0.2) is 0 Å². The molecular formula is C10H19NO3S. The number of thioether (sulfide) groups is 1. The molecule has 4 nitrogen and oxygen atoms in total. The Balaban J connectivity index is 2.26. The summed E-state index contributed by atoms with van der Waals surface area (Å²) < 4.78 is 4.93. The smallest absolute Gasteiger partial charge is 0.404 e. The average Bonchev–Trinajstić information content (AvgIpc) is 2.18. The molecule has 1 amide bonds. The number of nitrogens with two attached hydrogens (primary N) is 1. The van der Waals surface area contributed by atoms with Gasteiger partial charge in [0.05, 0.1) is 6.10 Å². The molecule has 0 radical (unpaired) electrons. The third kappa shape index (κ3) is 4.30. The van der Waals surface area contributed by atoms with Gasteiger partial charge in [0.15, 0.2) is 0 Å². The zero-order valence-electron chi connectivity index (χ0n) is 9.02. The summed E-state index contributed by atoms with van der Waals surface area (Å²) in [6.45, 7) is 0. The summed E-state index contributed by atoms with van der Waals surface area (Å²) >= 11 is 1.66. The Labute approximate surface area is 94.6 Å². The standard InChI is InChI=1S/C10H19NO3S/c1-15-6-9(12)7-2-4-8(5-3-7)14-10(11)13/h7-9,12H,2-6H2,1H3,(H2,11,13)/t7-,8-,9?. The van der Waals surface area contributed by atoms with E-state index in [2.05, 4.69) is 0 Å². The summed E-state index contributed by atoms with van der Waals surface area (Å²) in [6, 6.07) is 0. The number of carbonyl (C=O) groups is 1. The highest BCUT2D eigenvalue weighted by molar-refractivity contribution is 7.98. The number of ether oxygens (including phenoxy) is 1. The molecular weight excluding hydrogens is 214 g/mol. The summed E-state index contributed by atoms with van der Waals surface area (Å²) in [7, 11) is 0. The number of amides is 1. The first-order valence-electron chi connectivity index (χ1n) is 5.26. The Morgan fingerprint density at radius 2 is 2.13 bits per heavy atom. The summed E-state index contributed by atoms with van der Waals surface area (Å²) in [4.78, 5) is 10.5. The van der Waals surface area contributed by atoms with Crippen molar-refractivity contribution < 1.29 is 14.6 Å². The third-order valence-electron chi connectivity index (χ3n) is 2.88. The minimum absolute atomic E-state index is 0.0415. The van der Waals surface area contributed by atoms with E-state index < -0.39 is 6.09 Å². The van der Waals surface area contributed by atoms with Crippen molar-refractivity contribution in [2.24, 2.45) is 11.7 Å². The number of aliphatic hydroxyl groups excluding tert-OH is 1. The average molecular weight is 233 g/mol. The normalized spacial score (nSPS) is 28.4. The van der Waals surface area contributed by atoms with Gasteiger partial charge in [0.2, 0.25) is 0 Å². The Kier molecular flexibility index (Phi) is 5.25. The first-order valence-corrected chi connectivity index (χ1v) is 6.66. The van der Waals surface area contributed by atoms with Gasteiger partial charge in [-0.1, -0.05) is 0 Å². The van der Waals surface area contributed by atoms with E-state index in [-0.39, 0.29) is 12.2 Å². The molecule has 0 spiro atoms. The van der Waals surface area contributed by atoms with Crippen LogP contribution in [-0.2, 0) is 4.74 Å². The van der Waals surface area contributed by atoms with Gasteiger partial charge in [-0.15, -0.1) is 0 Å². The number of rotatable bonds is 4. The van der Waals surface area contributed by atoms with E-state index in [1.807, 2.05) is 6.26 Å². The van der Waals surface area contributed by atoms with E-state index in [1.165, 1.54) is 0 Å². The SMILES string of the molecule is CSCC(O)[C@H]1CC[C@H](OC(N)=O)CC1. The van der Waals surface area contributed by atoms with Crippen LogP contribution in [0.1, 0.15) is 25.7 Å². The minimum atomic E-state index is -0.692. The predicted molar refractivity (Wildman–Crippen MR) is 60.8 cm³/mol. The first-order chi connectivity index (χ1) is 7.13. The van der Waals surface area contributed by atoms with Crippen LogP contribution >= 0.6 is 11.8 Å². The number of primary amides is 1. The molecule has 88 valence electrons. The summed E-state index contributed by atoms with van der Waals surface area (Å²) in [5.74, 6) is 1.14. The number of carbonyl (C=O) groups excluding carboxylic acids is 1. The van der Waals surface area contributed by atoms with Gasteiger partial charge < -0.3 is 15.6 Å². The molecule has 15 heavy (non-hydrogen) atoms. The Bertz CT molecular complexity index is 205. The van der Waals surface area contributed by atoms with Gasteiger partial charge >= 0.3 is 6.09 Å². The Morgan fingerprint density at radius 1 is 1.53 bits per heavy atom. The van der Waals surface area contributed by atoms with E-state index in [9.17, 15) is 9.90 Å². The second kappa shape index (κ2) is 6.23. The zero-order chi connectivity index (χ0) is 11.3. The summed E-state index contributed by atoms with van der Waals surface area (Å²) in [6.07, 6.45) is 4.50. The quantitative estimate of drug-likeness (QED) is 0.769. The van der Waals surface area contributed by atoms with Crippen LogP contribution in [-0.4, -0.2) is 35.4 Å². The van der Waals surface area contributed by atoms with Crippen molar-refractivity contribution in [3.63, 3.8) is 0 Å². The second-order valence-corrected chi connectivity index (χ2v) is 4.91.